The topological polar surface area (TPSA) is 47.6 Å². The lowest BCUT2D eigenvalue weighted by Crippen LogP contribution is -2.59. The minimum absolute atomic E-state index is 0.156. The van der Waals surface area contributed by atoms with E-state index in [2.05, 4.69) is 19.2 Å². The maximum atomic E-state index is 11.1. The zero-order valence-corrected chi connectivity index (χ0v) is 15.7. The van der Waals surface area contributed by atoms with Crippen molar-refractivity contribution < 1.29 is 14.3 Å². The summed E-state index contributed by atoms with van der Waals surface area (Å²) in [6, 6.07) is 16.1. The normalized spacial score (nSPS) is 17.0. The van der Waals surface area contributed by atoms with Gasteiger partial charge in [-0.25, -0.2) is 0 Å². The van der Waals surface area contributed by atoms with Crippen molar-refractivity contribution in [1.82, 2.24) is 5.32 Å². The molecule has 0 aromatic heterocycles. The van der Waals surface area contributed by atoms with E-state index in [0.29, 0.717) is 6.61 Å². The van der Waals surface area contributed by atoms with Gasteiger partial charge < -0.3 is 14.8 Å². The van der Waals surface area contributed by atoms with Crippen molar-refractivity contribution >= 4 is 6.41 Å². The predicted octanol–water partition coefficient (Wildman–Crippen LogP) is 4.12. The molecule has 0 unspecified atom stereocenters. The van der Waals surface area contributed by atoms with Crippen LogP contribution in [-0.4, -0.2) is 19.1 Å². The Labute approximate surface area is 155 Å². The molecule has 0 spiro atoms. The zero-order chi connectivity index (χ0) is 18.6. The SMILES string of the molecule is COc1ccc(CC2(NC=O)CC(C)(C)C2)cc1OCc1ccccc1. The van der Waals surface area contributed by atoms with Gasteiger partial charge in [-0.3, -0.25) is 4.79 Å². The van der Waals surface area contributed by atoms with Gasteiger partial charge in [0.05, 0.1) is 7.11 Å². The maximum Gasteiger partial charge on any atom is 0.207 e. The van der Waals surface area contributed by atoms with E-state index in [-0.39, 0.29) is 11.0 Å². The fourth-order valence-corrected chi connectivity index (χ4v) is 4.25. The summed E-state index contributed by atoms with van der Waals surface area (Å²) >= 11 is 0. The second-order valence-electron chi connectivity index (χ2n) is 8.00. The summed E-state index contributed by atoms with van der Waals surface area (Å²) in [5.41, 5.74) is 2.37. The minimum atomic E-state index is -0.156. The number of hydrogen-bond acceptors (Lipinski definition) is 3. The molecule has 2 aromatic carbocycles. The number of amides is 1. The number of hydrogen-bond donors (Lipinski definition) is 1. The van der Waals surface area contributed by atoms with Gasteiger partial charge in [0.25, 0.3) is 0 Å². The Kier molecular flexibility index (Phi) is 5.21. The molecule has 26 heavy (non-hydrogen) atoms. The average molecular weight is 353 g/mol. The Balaban J connectivity index is 1.75. The highest BCUT2D eigenvalue weighted by atomic mass is 16.5. The zero-order valence-electron chi connectivity index (χ0n) is 15.7. The molecule has 1 aliphatic carbocycles. The van der Waals surface area contributed by atoms with Gasteiger partial charge in [0.1, 0.15) is 6.61 Å². The number of carbonyl (C=O) groups is 1. The van der Waals surface area contributed by atoms with E-state index in [1.807, 2.05) is 48.5 Å². The molecule has 0 saturated heterocycles. The molecule has 1 fully saturated rings. The van der Waals surface area contributed by atoms with Gasteiger partial charge in [0, 0.05) is 5.54 Å². The summed E-state index contributed by atoms with van der Waals surface area (Å²) in [7, 11) is 1.65. The van der Waals surface area contributed by atoms with E-state index in [9.17, 15) is 4.79 Å². The highest BCUT2D eigenvalue weighted by Gasteiger charge is 2.48. The summed E-state index contributed by atoms with van der Waals surface area (Å²) in [4.78, 5) is 11.1. The largest absolute Gasteiger partial charge is 0.493 e. The predicted molar refractivity (Wildman–Crippen MR) is 102 cm³/mol. The summed E-state index contributed by atoms with van der Waals surface area (Å²) in [5, 5.41) is 3.05. The Morgan fingerprint density at radius 3 is 2.38 bits per heavy atom. The highest BCUT2D eigenvalue weighted by molar-refractivity contribution is 5.50. The van der Waals surface area contributed by atoms with Gasteiger partial charge >= 0.3 is 0 Å². The first-order chi connectivity index (χ1) is 12.5. The molecule has 0 bridgehead atoms. The van der Waals surface area contributed by atoms with E-state index in [1.54, 1.807) is 7.11 Å². The summed E-state index contributed by atoms with van der Waals surface area (Å²) in [6.07, 6.45) is 3.57. The molecular weight excluding hydrogens is 326 g/mol. The van der Waals surface area contributed by atoms with Crippen molar-refractivity contribution in [2.24, 2.45) is 5.41 Å². The van der Waals surface area contributed by atoms with Crippen molar-refractivity contribution in [3.63, 3.8) is 0 Å². The van der Waals surface area contributed by atoms with Crippen molar-refractivity contribution in [2.75, 3.05) is 7.11 Å². The molecule has 0 atom stereocenters. The summed E-state index contributed by atoms with van der Waals surface area (Å²) in [6.45, 7) is 4.96. The van der Waals surface area contributed by atoms with Crippen LogP contribution in [-0.2, 0) is 17.8 Å². The van der Waals surface area contributed by atoms with Gasteiger partial charge in [-0.2, -0.15) is 0 Å². The molecular formula is C22H27NO3. The third-order valence-corrected chi connectivity index (χ3v) is 5.01. The Morgan fingerprint density at radius 1 is 1.04 bits per heavy atom. The quantitative estimate of drug-likeness (QED) is 0.726. The fourth-order valence-electron chi connectivity index (χ4n) is 4.25. The monoisotopic (exact) mass is 353 g/mol. The van der Waals surface area contributed by atoms with E-state index < -0.39 is 0 Å². The third kappa shape index (κ3) is 4.18. The molecule has 0 heterocycles. The summed E-state index contributed by atoms with van der Waals surface area (Å²) in [5.74, 6) is 1.45. The van der Waals surface area contributed by atoms with E-state index >= 15 is 0 Å². The number of carbonyl (C=O) groups excluding carboxylic acids is 1. The van der Waals surface area contributed by atoms with Crippen LogP contribution in [0.4, 0.5) is 0 Å². The molecule has 4 nitrogen and oxygen atoms in total. The molecule has 138 valence electrons. The van der Waals surface area contributed by atoms with Gasteiger partial charge in [0.2, 0.25) is 6.41 Å². The minimum Gasteiger partial charge on any atom is -0.493 e. The number of nitrogens with one attached hydrogen (secondary N) is 1. The maximum absolute atomic E-state index is 11.1. The van der Waals surface area contributed by atoms with Crippen LogP contribution < -0.4 is 14.8 Å². The van der Waals surface area contributed by atoms with Gasteiger partial charge in [-0.05, 0) is 47.9 Å². The molecule has 0 radical (unpaired) electrons. The highest BCUT2D eigenvalue weighted by Crippen LogP contribution is 2.49. The summed E-state index contributed by atoms with van der Waals surface area (Å²) < 4.78 is 11.4. The number of rotatable bonds is 8. The second-order valence-corrected chi connectivity index (χ2v) is 8.00. The smallest absolute Gasteiger partial charge is 0.207 e. The van der Waals surface area contributed by atoms with Gasteiger partial charge in [-0.1, -0.05) is 50.2 Å². The third-order valence-electron chi connectivity index (χ3n) is 5.01. The molecule has 1 N–H and O–H groups in total. The van der Waals surface area contributed by atoms with Crippen LogP contribution in [0.25, 0.3) is 0 Å². The van der Waals surface area contributed by atoms with Crippen LogP contribution in [0.2, 0.25) is 0 Å². The number of ether oxygens (including phenoxy) is 2. The Hall–Kier alpha value is -2.49. The first kappa shape index (κ1) is 18.3. The fraction of sp³-hybridized carbons (Fsp3) is 0.409. The average Bonchev–Trinajstić information content (AvgIpc) is 2.59. The molecule has 1 amide bonds. The van der Waals surface area contributed by atoms with Crippen LogP contribution in [0.15, 0.2) is 48.5 Å². The van der Waals surface area contributed by atoms with Crippen LogP contribution in [0.5, 0.6) is 11.5 Å². The number of methoxy groups -OCH3 is 1. The Bertz CT molecular complexity index is 747. The lowest BCUT2D eigenvalue weighted by molar-refractivity contribution is -0.114. The van der Waals surface area contributed by atoms with E-state index in [1.165, 1.54) is 0 Å². The molecule has 1 saturated carbocycles. The van der Waals surface area contributed by atoms with Crippen molar-refractivity contribution in [3.8, 4) is 11.5 Å². The lowest BCUT2D eigenvalue weighted by atomic mass is 9.57. The van der Waals surface area contributed by atoms with Gasteiger partial charge in [-0.15, -0.1) is 0 Å². The number of benzene rings is 2. The van der Waals surface area contributed by atoms with Crippen molar-refractivity contribution in [2.45, 2.75) is 45.3 Å². The van der Waals surface area contributed by atoms with Crippen molar-refractivity contribution in [3.05, 3.63) is 59.7 Å². The molecule has 1 aliphatic rings. The van der Waals surface area contributed by atoms with Crippen LogP contribution >= 0.6 is 0 Å². The van der Waals surface area contributed by atoms with Crippen LogP contribution in [0, 0.1) is 5.41 Å². The molecule has 4 heteroatoms. The van der Waals surface area contributed by atoms with E-state index in [4.69, 9.17) is 9.47 Å². The first-order valence-corrected chi connectivity index (χ1v) is 9.00. The van der Waals surface area contributed by atoms with E-state index in [0.717, 1.165) is 48.3 Å². The van der Waals surface area contributed by atoms with Crippen LogP contribution in [0.1, 0.15) is 37.8 Å². The lowest BCUT2D eigenvalue weighted by Gasteiger charge is -2.53. The van der Waals surface area contributed by atoms with Crippen molar-refractivity contribution in [1.29, 1.82) is 0 Å². The molecule has 0 aliphatic heterocycles. The van der Waals surface area contributed by atoms with Crippen LogP contribution in [0.3, 0.4) is 0 Å². The van der Waals surface area contributed by atoms with Gasteiger partial charge in [0.15, 0.2) is 11.5 Å². The standard InChI is InChI=1S/C22H27NO3/c1-21(2)14-22(15-21,23-16-24)12-18-9-10-19(25-3)20(11-18)26-13-17-7-5-4-6-8-17/h4-11,16H,12-15H2,1-3H3,(H,23,24). The molecule has 3 rings (SSSR count). The molecule has 2 aromatic rings. The second kappa shape index (κ2) is 7.40. The first-order valence-electron chi connectivity index (χ1n) is 9.00. The Morgan fingerprint density at radius 2 is 1.77 bits per heavy atom.